The molecular weight excluding hydrogens is 180 g/mol. The van der Waals surface area contributed by atoms with E-state index < -0.39 is 0 Å². The predicted molar refractivity (Wildman–Crippen MR) is 52.2 cm³/mol. The molecule has 2 fully saturated rings. The van der Waals surface area contributed by atoms with E-state index in [2.05, 4.69) is 13.8 Å². The van der Waals surface area contributed by atoms with Crippen LogP contribution >= 0.6 is 0 Å². The molecule has 0 N–H and O–H groups in total. The minimum Gasteiger partial charge on any atom is -0.372 e. The number of aldehydes is 1. The van der Waals surface area contributed by atoms with Gasteiger partial charge >= 0.3 is 0 Å². The van der Waals surface area contributed by atoms with Crippen molar-refractivity contribution in [3.05, 3.63) is 0 Å². The van der Waals surface area contributed by atoms with E-state index in [1.165, 1.54) is 0 Å². The molecule has 14 heavy (non-hydrogen) atoms. The smallest absolute Gasteiger partial charge is 0.148 e. The Morgan fingerprint density at radius 2 is 2.21 bits per heavy atom. The maximum absolute atomic E-state index is 10.7. The van der Waals surface area contributed by atoms with Gasteiger partial charge in [-0.25, -0.2) is 0 Å². The third kappa shape index (κ3) is 1.84. The lowest BCUT2D eigenvalue weighted by Crippen LogP contribution is -2.42. The first-order chi connectivity index (χ1) is 6.55. The molecule has 2 unspecified atom stereocenters. The van der Waals surface area contributed by atoms with E-state index in [9.17, 15) is 4.79 Å². The van der Waals surface area contributed by atoms with E-state index in [1.54, 1.807) is 0 Å². The second-order valence-electron chi connectivity index (χ2n) is 5.09. The minimum atomic E-state index is -0.207. The van der Waals surface area contributed by atoms with Gasteiger partial charge in [0.2, 0.25) is 0 Å². The first-order valence-corrected chi connectivity index (χ1v) is 5.32. The fourth-order valence-corrected chi connectivity index (χ4v) is 2.60. The Morgan fingerprint density at radius 1 is 1.43 bits per heavy atom. The van der Waals surface area contributed by atoms with Crippen LogP contribution in [0, 0.1) is 0 Å². The first kappa shape index (κ1) is 10.1. The van der Waals surface area contributed by atoms with Crippen LogP contribution in [0.4, 0.5) is 0 Å². The van der Waals surface area contributed by atoms with Crippen LogP contribution in [0.3, 0.4) is 0 Å². The van der Waals surface area contributed by atoms with Gasteiger partial charge < -0.3 is 14.3 Å². The van der Waals surface area contributed by atoms with Crippen molar-refractivity contribution in [2.24, 2.45) is 0 Å². The van der Waals surface area contributed by atoms with E-state index in [0.29, 0.717) is 6.61 Å². The van der Waals surface area contributed by atoms with E-state index in [-0.39, 0.29) is 17.3 Å². The highest BCUT2D eigenvalue weighted by Gasteiger charge is 2.47. The zero-order valence-corrected chi connectivity index (χ0v) is 8.91. The Balaban J connectivity index is 2.06. The molecule has 3 nitrogen and oxygen atoms in total. The number of carbonyl (C=O) groups is 1. The molecule has 2 aliphatic heterocycles. The summed E-state index contributed by atoms with van der Waals surface area (Å²) < 4.78 is 11.5. The Labute approximate surface area is 84.8 Å². The molecule has 0 saturated carbocycles. The fourth-order valence-electron chi connectivity index (χ4n) is 2.60. The quantitative estimate of drug-likeness (QED) is 0.601. The summed E-state index contributed by atoms with van der Waals surface area (Å²) in [4.78, 5) is 10.7. The van der Waals surface area contributed by atoms with Crippen molar-refractivity contribution < 1.29 is 14.3 Å². The average Bonchev–Trinajstić information content (AvgIpc) is 2.42. The van der Waals surface area contributed by atoms with Gasteiger partial charge in [0.25, 0.3) is 0 Å². The van der Waals surface area contributed by atoms with Crippen molar-refractivity contribution >= 4 is 6.29 Å². The summed E-state index contributed by atoms with van der Waals surface area (Å²) in [7, 11) is 0. The molecule has 2 rings (SSSR count). The molecule has 0 aliphatic carbocycles. The molecular formula is C11H18O3. The summed E-state index contributed by atoms with van der Waals surface area (Å²) >= 11 is 0. The number of rotatable bonds is 1. The highest BCUT2D eigenvalue weighted by atomic mass is 16.6. The summed E-state index contributed by atoms with van der Waals surface area (Å²) in [5.41, 5.74) is -0.266. The molecule has 1 spiro atoms. The predicted octanol–water partition coefficient (Wildman–Crippen LogP) is 1.69. The van der Waals surface area contributed by atoms with Crippen LogP contribution in [0.5, 0.6) is 0 Å². The summed E-state index contributed by atoms with van der Waals surface area (Å²) in [6.45, 7) is 4.80. The van der Waals surface area contributed by atoms with Gasteiger partial charge in [0.05, 0.1) is 17.8 Å². The van der Waals surface area contributed by atoms with Crippen LogP contribution in [0.1, 0.15) is 39.5 Å². The van der Waals surface area contributed by atoms with Gasteiger partial charge in [-0.15, -0.1) is 0 Å². The maximum atomic E-state index is 10.7. The molecule has 0 amide bonds. The lowest BCUT2D eigenvalue weighted by molar-refractivity contribution is -0.146. The van der Waals surface area contributed by atoms with Gasteiger partial charge in [-0.3, -0.25) is 0 Å². The SMILES string of the molecule is CC1(C)CC2(CCCC(C=O)O2)CO1. The van der Waals surface area contributed by atoms with Crippen LogP contribution in [-0.4, -0.2) is 30.2 Å². The second-order valence-corrected chi connectivity index (χ2v) is 5.09. The summed E-state index contributed by atoms with van der Waals surface area (Å²) in [5, 5.41) is 0. The monoisotopic (exact) mass is 198 g/mol. The largest absolute Gasteiger partial charge is 0.372 e. The molecule has 2 aliphatic rings. The Kier molecular flexibility index (Phi) is 2.40. The normalized spacial score (nSPS) is 41.4. The zero-order chi connectivity index (χ0) is 10.2. The molecule has 0 bridgehead atoms. The van der Waals surface area contributed by atoms with Crippen molar-refractivity contribution in [2.45, 2.75) is 56.8 Å². The molecule has 3 heteroatoms. The molecule has 2 atom stereocenters. The van der Waals surface area contributed by atoms with Crippen LogP contribution in [-0.2, 0) is 14.3 Å². The number of carbonyl (C=O) groups excluding carboxylic acids is 1. The lowest BCUT2D eigenvalue weighted by atomic mass is 9.86. The number of hydrogen-bond acceptors (Lipinski definition) is 3. The molecule has 0 aromatic carbocycles. The summed E-state index contributed by atoms with van der Waals surface area (Å²) in [6.07, 6.45) is 4.59. The van der Waals surface area contributed by atoms with Gasteiger partial charge in [-0.05, 0) is 33.1 Å². The van der Waals surface area contributed by atoms with Crippen LogP contribution in [0.2, 0.25) is 0 Å². The standard InChI is InChI=1S/C11H18O3/c1-10(2)7-11(8-13-10)5-3-4-9(6-12)14-11/h6,9H,3-5,7-8H2,1-2H3. The van der Waals surface area contributed by atoms with Crippen molar-refractivity contribution in [2.75, 3.05) is 6.61 Å². The Morgan fingerprint density at radius 3 is 2.79 bits per heavy atom. The molecule has 0 aromatic heterocycles. The van der Waals surface area contributed by atoms with Gasteiger partial charge in [0.15, 0.2) is 0 Å². The molecule has 2 heterocycles. The fraction of sp³-hybridized carbons (Fsp3) is 0.909. The second kappa shape index (κ2) is 3.31. The average molecular weight is 198 g/mol. The summed E-state index contributed by atoms with van der Waals surface area (Å²) in [5.74, 6) is 0. The van der Waals surface area contributed by atoms with Crippen LogP contribution in [0.15, 0.2) is 0 Å². The van der Waals surface area contributed by atoms with Gasteiger partial charge in [-0.1, -0.05) is 0 Å². The Hall–Kier alpha value is -0.410. The van der Waals surface area contributed by atoms with Gasteiger partial charge in [0.1, 0.15) is 12.4 Å². The maximum Gasteiger partial charge on any atom is 0.148 e. The van der Waals surface area contributed by atoms with Gasteiger partial charge in [-0.2, -0.15) is 0 Å². The minimum absolute atomic E-state index is 0.0925. The number of ether oxygens (including phenoxy) is 2. The van der Waals surface area contributed by atoms with Crippen molar-refractivity contribution in [1.29, 1.82) is 0 Å². The van der Waals surface area contributed by atoms with Crippen molar-refractivity contribution in [3.63, 3.8) is 0 Å². The third-order valence-corrected chi connectivity index (χ3v) is 3.15. The highest BCUT2D eigenvalue weighted by molar-refractivity contribution is 5.56. The van der Waals surface area contributed by atoms with Crippen molar-refractivity contribution in [3.8, 4) is 0 Å². The number of hydrogen-bond donors (Lipinski definition) is 0. The molecule has 0 aromatic rings. The van der Waals surface area contributed by atoms with Crippen LogP contribution < -0.4 is 0 Å². The lowest BCUT2D eigenvalue weighted by Gasteiger charge is -2.36. The first-order valence-electron chi connectivity index (χ1n) is 5.32. The van der Waals surface area contributed by atoms with E-state index in [4.69, 9.17) is 9.47 Å². The van der Waals surface area contributed by atoms with E-state index >= 15 is 0 Å². The van der Waals surface area contributed by atoms with Gasteiger partial charge in [0, 0.05) is 6.42 Å². The molecule has 2 saturated heterocycles. The highest BCUT2D eigenvalue weighted by Crippen LogP contribution is 2.41. The zero-order valence-electron chi connectivity index (χ0n) is 8.91. The molecule has 0 radical (unpaired) electrons. The topological polar surface area (TPSA) is 35.5 Å². The van der Waals surface area contributed by atoms with Crippen LogP contribution in [0.25, 0.3) is 0 Å². The Bertz CT molecular complexity index is 237. The third-order valence-electron chi connectivity index (χ3n) is 3.15. The van der Waals surface area contributed by atoms with E-state index in [1.807, 2.05) is 0 Å². The molecule has 80 valence electrons. The summed E-state index contributed by atoms with van der Waals surface area (Å²) in [6, 6.07) is 0. The van der Waals surface area contributed by atoms with E-state index in [0.717, 1.165) is 32.0 Å². The van der Waals surface area contributed by atoms with Crippen molar-refractivity contribution in [1.82, 2.24) is 0 Å².